The molecular formula is C12H10N4O3S. The molecule has 3 N–H and O–H groups in total. The van der Waals surface area contributed by atoms with Gasteiger partial charge in [-0.05, 0) is 12.1 Å². The summed E-state index contributed by atoms with van der Waals surface area (Å²) in [6.07, 6.45) is 0.933. The first-order chi connectivity index (χ1) is 9.34. The lowest BCUT2D eigenvalue weighted by molar-refractivity contribution is 0.477. The molecule has 0 aliphatic carbocycles. The number of phenols is 1. The number of nitrogen functional groups attached to an aromatic ring is 1. The molecule has 8 heteroatoms. The lowest BCUT2D eigenvalue weighted by Crippen LogP contribution is -2.10. The van der Waals surface area contributed by atoms with E-state index in [0.29, 0.717) is 0 Å². The smallest absolute Gasteiger partial charge is 0.249 e. The minimum atomic E-state index is -3.69. The Kier molecular flexibility index (Phi) is 3.29. The van der Waals surface area contributed by atoms with Crippen LogP contribution in [0.4, 0.5) is 5.82 Å². The fourth-order valence-corrected chi connectivity index (χ4v) is 2.12. The molecule has 0 saturated carbocycles. The van der Waals surface area contributed by atoms with Crippen LogP contribution < -0.4 is 5.73 Å². The molecule has 0 amide bonds. The highest BCUT2D eigenvalue weighted by Gasteiger charge is 2.20. The third-order valence-corrected chi connectivity index (χ3v) is 3.36. The van der Waals surface area contributed by atoms with Crippen LogP contribution >= 0.6 is 0 Å². The molecule has 1 aromatic carbocycles. The van der Waals surface area contributed by atoms with Gasteiger partial charge in [0, 0.05) is 11.8 Å². The first-order valence-electron chi connectivity index (χ1n) is 5.40. The third-order valence-electron chi connectivity index (χ3n) is 2.52. The monoisotopic (exact) mass is 290 g/mol. The number of hydrogen-bond acceptors (Lipinski definition) is 7. The predicted molar refractivity (Wildman–Crippen MR) is 71.4 cm³/mol. The quantitative estimate of drug-likeness (QED) is 0.778. The van der Waals surface area contributed by atoms with Crippen LogP contribution in [-0.4, -0.2) is 29.7 Å². The normalized spacial score (nSPS) is 11.0. The molecule has 7 nitrogen and oxygen atoms in total. The maximum absolute atomic E-state index is 11.5. The van der Waals surface area contributed by atoms with Gasteiger partial charge in [0.1, 0.15) is 23.2 Å². The molecule has 0 aliphatic heterocycles. The Bertz CT molecular complexity index is 825. The number of aromatic nitrogens is 2. The number of sulfone groups is 1. The maximum Gasteiger partial charge on any atom is 0.249 e. The average Bonchev–Trinajstić information content (AvgIpc) is 2.37. The predicted octanol–water partition coefficient (Wildman–Crippen LogP) is 0.707. The van der Waals surface area contributed by atoms with E-state index in [1.54, 1.807) is 12.1 Å². The van der Waals surface area contributed by atoms with E-state index in [9.17, 15) is 13.5 Å². The summed E-state index contributed by atoms with van der Waals surface area (Å²) in [6, 6.07) is 7.92. The van der Waals surface area contributed by atoms with Crippen molar-refractivity contribution < 1.29 is 13.5 Å². The number of nitrogens with zero attached hydrogens (tertiary/aromatic N) is 3. The lowest BCUT2D eigenvalue weighted by atomic mass is 10.1. The Labute approximate surface area is 115 Å². The van der Waals surface area contributed by atoms with Crippen LogP contribution in [0.25, 0.3) is 11.3 Å². The number of phenolic OH excluding ortho intramolecular Hbond substituents is 1. The number of hydrogen-bond donors (Lipinski definition) is 2. The van der Waals surface area contributed by atoms with E-state index in [1.165, 1.54) is 12.1 Å². The van der Waals surface area contributed by atoms with Crippen molar-refractivity contribution in [1.82, 2.24) is 9.97 Å². The van der Waals surface area contributed by atoms with E-state index in [-0.39, 0.29) is 28.4 Å². The fourth-order valence-electron chi connectivity index (χ4n) is 1.60. The summed E-state index contributed by atoms with van der Waals surface area (Å²) in [6.45, 7) is 0. The molecule has 2 aromatic rings. The number of anilines is 1. The van der Waals surface area contributed by atoms with Gasteiger partial charge in [0.15, 0.2) is 0 Å². The van der Waals surface area contributed by atoms with Crippen LogP contribution in [0.3, 0.4) is 0 Å². The van der Waals surface area contributed by atoms with Crippen LogP contribution in [0.2, 0.25) is 0 Å². The van der Waals surface area contributed by atoms with E-state index in [1.807, 2.05) is 6.07 Å². The Morgan fingerprint density at radius 3 is 2.50 bits per heavy atom. The summed E-state index contributed by atoms with van der Waals surface area (Å²) in [5, 5.41) is 18.4. The van der Waals surface area contributed by atoms with Gasteiger partial charge in [0.2, 0.25) is 15.0 Å². The molecule has 0 spiro atoms. The Hall–Kier alpha value is -2.66. The minimum absolute atomic E-state index is 0.0153. The van der Waals surface area contributed by atoms with Crippen LogP contribution in [0.15, 0.2) is 29.4 Å². The van der Waals surface area contributed by atoms with E-state index >= 15 is 0 Å². The van der Waals surface area contributed by atoms with Crippen LogP contribution in [-0.2, 0) is 9.84 Å². The Balaban J connectivity index is 2.85. The molecule has 0 fully saturated rings. The summed E-state index contributed by atoms with van der Waals surface area (Å²) < 4.78 is 23.1. The highest BCUT2D eigenvalue weighted by molar-refractivity contribution is 7.90. The van der Waals surface area contributed by atoms with Crippen molar-refractivity contribution in [2.45, 2.75) is 5.16 Å². The van der Waals surface area contributed by atoms with Crippen LogP contribution in [0, 0.1) is 11.3 Å². The zero-order valence-electron chi connectivity index (χ0n) is 10.4. The molecule has 102 valence electrons. The van der Waals surface area contributed by atoms with Crippen molar-refractivity contribution in [2.24, 2.45) is 0 Å². The second-order valence-corrected chi connectivity index (χ2v) is 5.93. The molecule has 2 rings (SSSR count). The summed E-state index contributed by atoms with van der Waals surface area (Å²) in [5.74, 6) is -0.386. The van der Waals surface area contributed by atoms with Crippen molar-refractivity contribution in [1.29, 1.82) is 5.26 Å². The lowest BCUT2D eigenvalue weighted by Gasteiger charge is -2.09. The molecule has 0 aliphatic rings. The largest absolute Gasteiger partial charge is 0.507 e. The molecule has 0 unspecified atom stereocenters. The first kappa shape index (κ1) is 13.8. The standard InChI is InChI=1S/C12H10N4O3S/c1-20(18,19)12-15-10(8(6-13)11(14)16-12)7-4-2-3-5-9(7)17/h2-5,17H,1H3,(H2,14,15,16). The highest BCUT2D eigenvalue weighted by atomic mass is 32.2. The summed E-state index contributed by atoms with van der Waals surface area (Å²) in [7, 11) is -3.69. The van der Waals surface area contributed by atoms with Crippen molar-refractivity contribution in [2.75, 3.05) is 12.0 Å². The molecule has 1 aromatic heterocycles. The Morgan fingerprint density at radius 1 is 1.30 bits per heavy atom. The molecule has 0 radical (unpaired) electrons. The minimum Gasteiger partial charge on any atom is -0.507 e. The van der Waals surface area contributed by atoms with E-state index in [0.717, 1.165) is 6.26 Å². The summed E-state index contributed by atoms with van der Waals surface area (Å²) in [5.41, 5.74) is 5.71. The van der Waals surface area contributed by atoms with Gasteiger partial charge in [-0.1, -0.05) is 12.1 Å². The van der Waals surface area contributed by atoms with E-state index in [4.69, 9.17) is 11.0 Å². The number of rotatable bonds is 2. The van der Waals surface area contributed by atoms with Gasteiger partial charge in [0.25, 0.3) is 0 Å². The number of nitriles is 1. The molecular weight excluding hydrogens is 280 g/mol. The van der Waals surface area contributed by atoms with Crippen LogP contribution in [0.1, 0.15) is 5.56 Å². The highest BCUT2D eigenvalue weighted by Crippen LogP contribution is 2.31. The van der Waals surface area contributed by atoms with Gasteiger partial charge in [-0.2, -0.15) is 10.2 Å². The van der Waals surface area contributed by atoms with Crippen molar-refractivity contribution >= 4 is 15.7 Å². The number of para-hydroxylation sites is 1. The van der Waals surface area contributed by atoms with Gasteiger partial charge in [-0.15, -0.1) is 0 Å². The first-order valence-corrected chi connectivity index (χ1v) is 7.29. The topological polar surface area (TPSA) is 130 Å². The summed E-state index contributed by atoms with van der Waals surface area (Å²) in [4.78, 5) is 7.45. The molecule has 20 heavy (non-hydrogen) atoms. The van der Waals surface area contributed by atoms with E-state index < -0.39 is 15.0 Å². The van der Waals surface area contributed by atoms with Crippen LogP contribution in [0.5, 0.6) is 5.75 Å². The van der Waals surface area contributed by atoms with Gasteiger partial charge >= 0.3 is 0 Å². The van der Waals surface area contributed by atoms with Crippen molar-refractivity contribution in [3.8, 4) is 23.1 Å². The van der Waals surface area contributed by atoms with E-state index in [2.05, 4.69) is 9.97 Å². The second kappa shape index (κ2) is 4.79. The summed E-state index contributed by atoms with van der Waals surface area (Å²) >= 11 is 0. The fraction of sp³-hybridized carbons (Fsp3) is 0.0833. The van der Waals surface area contributed by atoms with Crippen molar-refractivity contribution in [3.05, 3.63) is 29.8 Å². The maximum atomic E-state index is 11.5. The molecule has 0 atom stereocenters. The SMILES string of the molecule is CS(=O)(=O)c1nc(N)c(C#N)c(-c2ccccc2O)n1. The third kappa shape index (κ3) is 2.39. The zero-order valence-corrected chi connectivity index (χ0v) is 11.2. The number of nitrogens with two attached hydrogens (primary N) is 1. The van der Waals surface area contributed by atoms with Gasteiger partial charge < -0.3 is 10.8 Å². The van der Waals surface area contributed by atoms with Gasteiger partial charge in [0.05, 0.1) is 5.69 Å². The second-order valence-electron chi connectivity index (χ2n) is 4.02. The Morgan fingerprint density at radius 2 is 1.95 bits per heavy atom. The number of benzene rings is 1. The average molecular weight is 290 g/mol. The molecule has 0 bridgehead atoms. The molecule has 1 heterocycles. The van der Waals surface area contributed by atoms with Gasteiger partial charge in [-0.3, -0.25) is 0 Å². The number of aromatic hydroxyl groups is 1. The molecule has 0 saturated heterocycles. The zero-order chi connectivity index (χ0) is 14.9. The van der Waals surface area contributed by atoms with Gasteiger partial charge in [-0.25, -0.2) is 13.4 Å². The van der Waals surface area contributed by atoms with Crippen molar-refractivity contribution in [3.63, 3.8) is 0 Å².